The van der Waals surface area contributed by atoms with Gasteiger partial charge < -0.3 is 9.64 Å². The Kier molecular flexibility index (Phi) is 4.54. The lowest BCUT2D eigenvalue weighted by atomic mass is 9.96. The van der Waals surface area contributed by atoms with E-state index in [1.807, 2.05) is 6.07 Å². The first-order valence-corrected chi connectivity index (χ1v) is 6.98. The van der Waals surface area contributed by atoms with E-state index < -0.39 is 11.9 Å². The van der Waals surface area contributed by atoms with Crippen LogP contribution in [-0.2, 0) is 14.3 Å². The predicted molar refractivity (Wildman–Crippen MR) is 75.2 cm³/mol. The van der Waals surface area contributed by atoms with E-state index >= 15 is 0 Å². The molecule has 1 saturated heterocycles. The van der Waals surface area contributed by atoms with Gasteiger partial charge in [-0.15, -0.1) is 0 Å². The van der Waals surface area contributed by atoms with E-state index in [1.54, 1.807) is 18.2 Å². The zero-order valence-electron chi connectivity index (χ0n) is 11.0. The van der Waals surface area contributed by atoms with Gasteiger partial charge in [0.15, 0.2) is 5.78 Å². The molecule has 0 bridgehead atoms. The van der Waals surface area contributed by atoms with Gasteiger partial charge in [-0.25, -0.2) is 0 Å². The number of carbonyl (C=O) groups is 3. The number of nitrogens with zero attached hydrogens (tertiary/aromatic N) is 1. The Labute approximate surface area is 125 Å². The lowest BCUT2D eigenvalue weighted by Crippen LogP contribution is -2.47. The first-order valence-electron chi connectivity index (χ1n) is 6.19. The van der Waals surface area contributed by atoms with Gasteiger partial charge in [-0.2, -0.15) is 0 Å². The molecule has 1 aromatic carbocycles. The Balaban J connectivity index is 2.18. The van der Waals surface area contributed by atoms with Crippen LogP contribution in [0.3, 0.4) is 0 Å². The highest BCUT2D eigenvalue weighted by molar-refractivity contribution is 9.10. The van der Waals surface area contributed by atoms with Crippen molar-refractivity contribution in [1.29, 1.82) is 0 Å². The Morgan fingerprint density at radius 3 is 2.70 bits per heavy atom. The van der Waals surface area contributed by atoms with Crippen molar-refractivity contribution in [3.05, 3.63) is 34.3 Å². The number of hydrogen-bond acceptors (Lipinski definition) is 4. The number of methoxy groups -OCH3 is 1. The lowest BCUT2D eigenvalue weighted by Gasteiger charge is -2.30. The summed E-state index contributed by atoms with van der Waals surface area (Å²) in [6.45, 7) is 0.401. The molecule has 0 spiro atoms. The standard InChI is InChI=1S/C14H14BrNO4/c1-20-14(19)10-8-16(7-6-12(10)17)13(18)9-4-2-3-5-11(9)15/h2-5,10H,6-8H2,1H3. The highest BCUT2D eigenvalue weighted by atomic mass is 79.9. The number of ketones is 1. The lowest BCUT2D eigenvalue weighted by molar-refractivity contribution is -0.151. The molecule has 5 nitrogen and oxygen atoms in total. The van der Waals surface area contributed by atoms with Crippen LogP contribution in [0, 0.1) is 5.92 Å². The number of hydrogen-bond donors (Lipinski definition) is 0. The van der Waals surface area contributed by atoms with E-state index in [9.17, 15) is 14.4 Å². The molecule has 106 valence electrons. The fourth-order valence-corrected chi connectivity index (χ4v) is 2.62. The van der Waals surface area contributed by atoms with Crippen LogP contribution in [0.15, 0.2) is 28.7 Å². The highest BCUT2D eigenvalue weighted by Gasteiger charge is 2.35. The summed E-state index contributed by atoms with van der Waals surface area (Å²) in [4.78, 5) is 37.2. The molecule has 1 unspecified atom stereocenters. The molecule has 0 aromatic heterocycles. The molecule has 6 heteroatoms. The molecule has 1 aliphatic rings. The van der Waals surface area contributed by atoms with Crippen molar-refractivity contribution < 1.29 is 19.1 Å². The fraction of sp³-hybridized carbons (Fsp3) is 0.357. The molecular weight excluding hydrogens is 326 g/mol. The predicted octanol–water partition coefficient (Wildman–Crippen LogP) is 1.65. The van der Waals surface area contributed by atoms with Crippen molar-refractivity contribution in [2.75, 3.05) is 20.2 Å². The van der Waals surface area contributed by atoms with Gasteiger partial charge in [0.1, 0.15) is 5.92 Å². The molecule has 1 fully saturated rings. The third-order valence-corrected chi connectivity index (χ3v) is 3.99. The van der Waals surface area contributed by atoms with Gasteiger partial charge in [0.25, 0.3) is 5.91 Å². The van der Waals surface area contributed by atoms with Crippen molar-refractivity contribution in [1.82, 2.24) is 4.90 Å². The van der Waals surface area contributed by atoms with Crippen molar-refractivity contribution >= 4 is 33.6 Å². The number of Topliss-reactive ketones (excluding diaryl/α,β-unsaturated/α-hetero) is 1. The molecule has 1 aliphatic heterocycles. The molecule has 1 amide bonds. The van der Waals surface area contributed by atoms with Gasteiger partial charge in [0.2, 0.25) is 0 Å². The first kappa shape index (κ1) is 14.7. The van der Waals surface area contributed by atoms with Gasteiger partial charge in [-0.1, -0.05) is 12.1 Å². The molecular formula is C14H14BrNO4. The SMILES string of the molecule is COC(=O)C1CN(C(=O)c2ccccc2Br)CCC1=O. The average Bonchev–Trinajstić information content (AvgIpc) is 2.47. The summed E-state index contributed by atoms with van der Waals surface area (Å²) in [7, 11) is 1.24. The minimum atomic E-state index is -0.875. The number of carbonyl (C=O) groups excluding carboxylic acids is 3. The Morgan fingerprint density at radius 2 is 2.05 bits per heavy atom. The van der Waals surface area contributed by atoms with E-state index in [0.29, 0.717) is 16.6 Å². The minimum Gasteiger partial charge on any atom is -0.468 e. The number of ether oxygens (including phenoxy) is 1. The van der Waals surface area contributed by atoms with Gasteiger partial charge in [0.05, 0.1) is 12.7 Å². The molecule has 0 N–H and O–H groups in total. The number of piperidine rings is 1. The van der Waals surface area contributed by atoms with Crippen LogP contribution in [0.4, 0.5) is 0 Å². The number of halogens is 1. The number of benzene rings is 1. The first-order chi connectivity index (χ1) is 9.54. The summed E-state index contributed by atoms with van der Waals surface area (Å²) < 4.78 is 5.30. The molecule has 0 radical (unpaired) electrons. The van der Waals surface area contributed by atoms with E-state index in [1.165, 1.54) is 12.0 Å². The maximum absolute atomic E-state index is 12.4. The maximum Gasteiger partial charge on any atom is 0.318 e. The zero-order valence-corrected chi connectivity index (χ0v) is 12.6. The number of amides is 1. The summed E-state index contributed by atoms with van der Waals surface area (Å²) in [6, 6.07) is 7.07. The Hall–Kier alpha value is -1.69. The number of esters is 1. The van der Waals surface area contributed by atoms with Gasteiger partial charge in [0, 0.05) is 24.0 Å². The minimum absolute atomic E-state index is 0.0751. The van der Waals surface area contributed by atoms with Crippen LogP contribution in [0.1, 0.15) is 16.8 Å². The molecule has 1 aromatic rings. The van der Waals surface area contributed by atoms with Crippen LogP contribution in [0.25, 0.3) is 0 Å². The third-order valence-electron chi connectivity index (χ3n) is 3.30. The van der Waals surface area contributed by atoms with Gasteiger partial charge in [-0.05, 0) is 28.1 Å². The van der Waals surface area contributed by atoms with Crippen LogP contribution in [0.5, 0.6) is 0 Å². The van der Waals surface area contributed by atoms with E-state index in [-0.39, 0.29) is 24.7 Å². The Bertz CT molecular complexity index is 550. The van der Waals surface area contributed by atoms with E-state index in [2.05, 4.69) is 20.7 Å². The average molecular weight is 340 g/mol. The van der Waals surface area contributed by atoms with Crippen LogP contribution >= 0.6 is 15.9 Å². The van der Waals surface area contributed by atoms with Crippen molar-refractivity contribution in [2.45, 2.75) is 6.42 Å². The summed E-state index contributed by atoms with van der Waals surface area (Å²) >= 11 is 3.33. The van der Waals surface area contributed by atoms with Crippen molar-refractivity contribution in [2.24, 2.45) is 5.92 Å². The molecule has 1 heterocycles. The van der Waals surface area contributed by atoms with Crippen LogP contribution in [0.2, 0.25) is 0 Å². The molecule has 20 heavy (non-hydrogen) atoms. The zero-order chi connectivity index (χ0) is 14.7. The second kappa shape index (κ2) is 6.17. The topological polar surface area (TPSA) is 63.7 Å². The van der Waals surface area contributed by atoms with Crippen molar-refractivity contribution in [3.8, 4) is 0 Å². The van der Waals surface area contributed by atoms with E-state index in [4.69, 9.17) is 0 Å². The molecule has 0 saturated carbocycles. The molecule has 2 rings (SSSR count). The summed E-state index contributed by atoms with van der Waals surface area (Å²) in [5.41, 5.74) is 0.519. The monoisotopic (exact) mass is 339 g/mol. The second-order valence-electron chi connectivity index (χ2n) is 4.52. The largest absolute Gasteiger partial charge is 0.468 e. The molecule has 1 atom stereocenters. The smallest absolute Gasteiger partial charge is 0.318 e. The normalized spacial score (nSPS) is 18.8. The van der Waals surface area contributed by atoms with Crippen LogP contribution in [-0.4, -0.2) is 42.8 Å². The van der Waals surface area contributed by atoms with Crippen molar-refractivity contribution in [3.63, 3.8) is 0 Å². The van der Waals surface area contributed by atoms with E-state index in [0.717, 1.165) is 0 Å². The Morgan fingerprint density at radius 1 is 1.35 bits per heavy atom. The van der Waals surface area contributed by atoms with Gasteiger partial charge in [-0.3, -0.25) is 14.4 Å². The summed E-state index contributed by atoms with van der Waals surface area (Å²) in [5.74, 6) is -1.83. The quantitative estimate of drug-likeness (QED) is 0.607. The summed E-state index contributed by atoms with van der Waals surface area (Å²) in [5, 5.41) is 0. The fourth-order valence-electron chi connectivity index (χ4n) is 2.17. The maximum atomic E-state index is 12.4. The molecule has 0 aliphatic carbocycles. The third kappa shape index (κ3) is 2.90. The summed E-state index contributed by atoms with van der Waals surface area (Å²) in [6.07, 6.45) is 0.177. The highest BCUT2D eigenvalue weighted by Crippen LogP contribution is 2.21. The van der Waals surface area contributed by atoms with Gasteiger partial charge >= 0.3 is 5.97 Å². The second-order valence-corrected chi connectivity index (χ2v) is 5.38. The number of rotatable bonds is 2. The number of likely N-dealkylation sites (tertiary alicyclic amines) is 1. The van der Waals surface area contributed by atoms with Crippen LogP contribution < -0.4 is 0 Å².